The second-order valence-corrected chi connectivity index (χ2v) is 3.29. The number of aromatic nitrogens is 2. The van der Waals surface area contributed by atoms with Gasteiger partial charge in [0, 0.05) is 18.6 Å². The maximum atomic E-state index is 11.6. The Morgan fingerprint density at radius 2 is 2.00 bits per heavy atom. The van der Waals surface area contributed by atoms with Crippen molar-refractivity contribution in [2.45, 2.75) is 20.8 Å². The average Bonchev–Trinajstić information content (AvgIpc) is 2.41. The molecule has 0 spiro atoms. The molecule has 0 bridgehead atoms. The van der Waals surface area contributed by atoms with E-state index >= 15 is 0 Å². The van der Waals surface area contributed by atoms with Gasteiger partial charge in [-0.25, -0.2) is 9.97 Å². The fraction of sp³-hybridized carbons (Fsp3) is 0.308. The molecule has 1 heterocycles. The molecule has 4 heteroatoms. The maximum Gasteiger partial charge on any atom is 0.253 e. The number of rotatable bonds is 1. The van der Waals surface area contributed by atoms with E-state index in [2.05, 4.69) is 15.3 Å². The Hall–Kier alpha value is -1.97. The van der Waals surface area contributed by atoms with Gasteiger partial charge in [-0.05, 0) is 18.6 Å². The van der Waals surface area contributed by atoms with Crippen LogP contribution in [0.4, 0.5) is 0 Å². The van der Waals surface area contributed by atoms with Gasteiger partial charge in [0.1, 0.15) is 6.33 Å². The average molecular weight is 231 g/mol. The Morgan fingerprint density at radius 1 is 1.29 bits per heavy atom. The first-order chi connectivity index (χ1) is 8.24. The highest BCUT2D eigenvalue weighted by atomic mass is 16.1. The lowest BCUT2D eigenvalue weighted by Gasteiger charge is -2.05. The van der Waals surface area contributed by atoms with Crippen molar-refractivity contribution in [3.63, 3.8) is 0 Å². The van der Waals surface area contributed by atoms with E-state index in [4.69, 9.17) is 0 Å². The van der Waals surface area contributed by atoms with E-state index < -0.39 is 0 Å². The lowest BCUT2D eigenvalue weighted by Crippen LogP contribution is -2.18. The minimum Gasteiger partial charge on any atom is -0.355 e. The third-order valence-electron chi connectivity index (χ3n) is 2.36. The third-order valence-corrected chi connectivity index (χ3v) is 2.36. The Kier molecular flexibility index (Phi) is 4.57. The van der Waals surface area contributed by atoms with Gasteiger partial charge in [0.05, 0.1) is 11.1 Å². The molecule has 0 radical (unpaired) electrons. The summed E-state index contributed by atoms with van der Waals surface area (Å²) in [6, 6.07) is 3.68. The second-order valence-electron chi connectivity index (χ2n) is 3.29. The smallest absolute Gasteiger partial charge is 0.253 e. The highest BCUT2D eigenvalue weighted by Gasteiger charge is 2.10. The normalized spacial score (nSPS) is 9.41. The summed E-state index contributed by atoms with van der Waals surface area (Å²) in [5.41, 5.74) is 2.35. The van der Waals surface area contributed by atoms with Gasteiger partial charge in [0.2, 0.25) is 0 Å². The fourth-order valence-corrected chi connectivity index (χ4v) is 1.53. The van der Waals surface area contributed by atoms with Crippen LogP contribution in [0.15, 0.2) is 24.7 Å². The molecule has 1 aromatic heterocycles. The lowest BCUT2D eigenvalue weighted by molar-refractivity contribution is 0.0964. The molecule has 17 heavy (non-hydrogen) atoms. The molecule has 2 rings (SSSR count). The number of hydrogen-bond acceptors (Lipinski definition) is 3. The molecule has 0 saturated heterocycles. The molecule has 2 aromatic rings. The summed E-state index contributed by atoms with van der Waals surface area (Å²) in [6.07, 6.45) is 3.18. The number of hydrogen-bond donors (Lipinski definition) is 1. The summed E-state index contributed by atoms with van der Waals surface area (Å²) >= 11 is 0. The molecule has 1 amide bonds. The van der Waals surface area contributed by atoms with Gasteiger partial charge >= 0.3 is 0 Å². The number of nitrogens with zero attached hydrogens (tertiary/aromatic N) is 2. The van der Waals surface area contributed by atoms with Crippen molar-refractivity contribution in [2.24, 2.45) is 0 Å². The zero-order chi connectivity index (χ0) is 12.8. The summed E-state index contributed by atoms with van der Waals surface area (Å²) in [5.74, 6) is -0.126. The first kappa shape index (κ1) is 13.1. The number of aryl methyl sites for hydroxylation is 1. The highest BCUT2D eigenvalue weighted by molar-refractivity contribution is 6.05. The van der Waals surface area contributed by atoms with Crippen LogP contribution in [0.3, 0.4) is 0 Å². The Labute approximate surface area is 101 Å². The predicted molar refractivity (Wildman–Crippen MR) is 69.0 cm³/mol. The van der Waals surface area contributed by atoms with E-state index in [1.807, 2.05) is 26.8 Å². The largest absolute Gasteiger partial charge is 0.355 e. The van der Waals surface area contributed by atoms with E-state index in [0.717, 1.165) is 10.9 Å². The number of fused-ring (bicyclic) bond motifs is 1. The van der Waals surface area contributed by atoms with Gasteiger partial charge in [-0.1, -0.05) is 19.9 Å². The Balaban J connectivity index is 0.000000686. The summed E-state index contributed by atoms with van der Waals surface area (Å²) in [6.45, 7) is 5.97. The Bertz CT molecular complexity index is 523. The number of carbonyl (C=O) groups excluding carboxylic acids is 1. The first-order valence-corrected chi connectivity index (χ1v) is 5.65. The molecule has 0 unspecified atom stereocenters. The monoisotopic (exact) mass is 231 g/mol. The van der Waals surface area contributed by atoms with Crippen molar-refractivity contribution in [1.29, 1.82) is 0 Å². The van der Waals surface area contributed by atoms with Crippen LogP contribution in [0.2, 0.25) is 0 Å². The quantitative estimate of drug-likeness (QED) is 0.819. The van der Waals surface area contributed by atoms with E-state index in [9.17, 15) is 4.79 Å². The van der Waals surface area contributed by atoms with Crippen LogP contribution in [0, 0.1) is 6.92 Å². The standard InChI is InChI=1S/C11H11N3O.C2H6/c1-7-3-4-8(11(15)12-2)10-9(7)5-13-6-14-10;1-2/h3-6H,1-2H3,(H,12,15);1-2H3. The summed E-state index contributed by atoms with van der Waals surface area (Å²) in [4.78, 5) is 19.7. The van der Waals surface area contributed by atoms with Crippen molar-refractivity contribution in [3.05, 3.63) is 35.8 Å². The molecule has 1 N–H and O–H groups in total. The van der Waals surface area contributed by atoms with Crippen molar-refractivity contribution >= 4 is 16.8 Å². The minimum absolute atomic E-state index is 0.126. The zero-order valence-corrected chi connectivity index (χ0v) is 10.6. The van der Waals surface area contributed by atoms with Crippen LogP contribution in [0.25, 0.3) is 10.9 Å². The van der Waals surface area contributed by atoms with Crippen molar-refractivity contribution < 1.29 is 4.79 Å². The molecule has 0 fully saturated rings. The van der Waals surface area contributed by atoms with Crippen molar-refractivity contribution in [3.8, 4) is 0 Å². The van der Waals surface area contributed by atoms with E-state index in [1.165, 1.54) is 6.33 Å². The molecule has 0 aliphatic heterocycles. The molecule has 90 valence electrons. The highest BCUT2D eigenvalue weighted by Crippen LogP contribution is 2.18. The summed E-state index contributed by atoms with van der Waals surface area (Å²) < 4.78 is 0. The number of carbonyl (C=O) groups is 1. The minimum atomic E-state index is -0.126. The molecule has 0 aliphatic rings. The number of nitrogens with one attached hydrogen (secondary N) is 1. The maximum absolute atomic E-state index is 11.6. The van der Waals surface area contributed by atoms with Gasteiger partial charge in [0.25, 0.3) is 5.91 Å². The van der Waals surface area contributed by atoms with Crippen LogP contribution in [-0.4, -0.2) is 22.9 Å². The second kappa shape index (κ2) is 5.94. The first-order valence-electron chi connectivity index (χ1n) is 5.65. The predicted octanol–water partition coefficient (Wildman–Crippen LogP) is 2.32. The van der Waals surface area contributed by atoms with E-state index in [-0.39, 0.29) is 5.91 Å². The third kappa shape index (κ3) is 2.58. The van der Waals surface area contributed by atoms with Crippen LogP contribution in [-0.2, 0) is 0 Å². The molecule has 0 atom stereocenters. The van der Waals surface area contributed by atoms with E-state index in [1.54, 1.807) is 19.3 Å². The molecule has 4 nitrogen and oxygen atoms in total. The van der Waals surface area contributed by atoms with Crippen LogP contribution in [0.5, 0.6) is 0 Å². The molecule has 1 aromatic carbocycles. The van der Waals surface area contributed by atoms with Gasteiger partial charge in [-0.15, -0.1) is 0 Å². The number of benzene rings is 1. The molecule has 0 aliphatic carbocycles. The fourth-order valence-electron chi connectivity index (χ4n) is 1.53. The van der Waals surface area contributed by atoms with Crippen LogP contribution < -0.4 is 5.32 Å². The summed E-state index contributed by atoms with van der Waals surface area (Å²) in [7, 11) is 1.61. The van der Waals surface area contributed by atoms with Crippen LogP contribution >= 0.6 is 0 Å². The molecular weight excluding hydrogens is 214 g/mol. The molecule has 0 saturated carbocycles. The van der Waals surface area contributed by atoms with Gasteiger partial charge in [-0.3, -0.25) is 4.79 Å². The Morgan fingerprint density at radius 3 is 2.65 bits per heavy atom. The number of amides is 1. The van der Waals surface area contributed by atoms with Gasteiger partial charge in [-0.2, -0.15) is 0 Å². The zero-order valence-electron chi connectivity index (χ0n) is 10.6. The van der Waals surface area contributed by atoms with Gasteiger partial charge < -0.3 is 5.32 Å². The topological polar surface area (TPSA) is 54.9 Å². The summed E-state index contributed by atoms with van der Waals surface area (Å²) in [5, 5.41) is 3.51. The van der Waals surface area contributed by atoms with Crippen LogP contribution in [0.1, 0.15) is 29.8 Å². The van der Waals surface area contributed by atoms with E-state index in [0.29, 0.717) is 11.1 Å². The molecular formula is C13H17N3O. The van der Waals surface area contributed by atoms with Crippen molar-refractivity contribution in [1.82, 2.24) is 15.3 Å². The SMILES string of the molecule is CC.CNC(=O)c1ccc(C)c2cncnc12. The van der Waals surface area contributed by atoms with Gasteiger partial charge in [0.15, 0.2) is 0 Å². The van der Waals surface area contributed by atoms with Crippen molar-refractivity contribution in [2.75, 3.05) is 7.05 Å². The lowest BCUT2D eigenvalue weighted by atomic mass is 10.1.